The molecular weight excluding hydrogens is 358 g/mol. The van der Waals surface area contributed by atoms with Crippen LogP contribution < -0.4 is 15.8 Å². The standard InChI is InChI=1S/C17H23N3O5S/c1-25-13-4-2-12(3-5-13)6-14(16(18)22)19-15(21)7-20-8-17(9-20)10-26(23,24)11-17/h2-5,14H,6-11H2,1H3,(H2,18,22)(H,19,21)/t14-/m0/s1. The predicted octanol–water partition coefficient (Wildman–Crippen LogP) is -1.06. The molecule has 1 spiro atoms. The van der Waals surface area contributed by atoms with Crippen molar-refractivity contribution < 1.29 is 22.7 Å². The van der Waals surface area contributed by atoms with E-state index >= 15 is 0 Å². The number of benzene rings is 1. The molecule has 2 aliphatic rings. The lowest BCUT2D eigenvalue weighted by molar-refractivity contribution is -0.129. The molecule has 3 N–H and O–H groups in total. The summed E-state index contributed by atoms with van der Waals surface area (Å²) in [5, 5.41) is 2.67. The molecule has 3 rings (SSSR count). The van der Waals surface area contributed by atoms with Crippen LogP contribution in [0.5, 0.6) is 5.75 Å². The highest BCUT2D eigenvalue weighted by atomic mass is 32.2. The van der Waals surface area contributed by atoms with Gasteiger partial charge in [-0.05, 0) is 17.7 Å². The van der Waals surface area contributed by atoms with E-state index in [2.05, 4.69) is 5.32 Å². The Hall–Kier alpha value is -2.13. The quantitative estimate of drug-likeness (QED) is 0.621. The van der Waals surface area contributed by atoms with E-state index in [1.54, 1.807) is 19.2 Å². The fourth-order valence-electron chi connectivity index (χ4n) is 3.75. The fourth-order valence-corrected chi connectivity index (χ4v) is 5.90. The molecule has 0 aliphatic carbocycles. The van der Waals surface area contributed by atoms with E-state index in [-0.39, 0.29) is 29.4 Å². The Morgan fingerprint density at radius 1 is 1.27 bits per heavy atom. The average Bonchev–Trinajstić information content (AvgIpc) is 2.51. The van der Waals surface area contributed by atoms with E-state index in [0.29, 0.717) is 25.3 Å². The van der Waals surface area contributed by atoms with Gasteiger partial charge in [-0.3, -0.25) is 14.5 Å². The molecule has 2 amide bonds. The monoisotopic (exact) mass is 381 g/mol. The lowest BCUT2D eigenvalue weighted by Crippen LogP contribution is -2.69. The van der Waals surface area contributed by atoms with Gasteiger partial charge in [0.15, 0.2) is 9.84 Å². The van der Waals surface area contributed by atoms with Crippen molar-refractivity contribution in [3.05, 3.63) is 29.8 Å². The Kier molecular flexibility index (Phi) is 4.94. The molecule has 0 saturated carbocycles. The highest BCUT2D eigenvalue weighted by molar-refractivity contribution is 7.92. The molecule has 2 heterocycles. The van der Waals surface area contributed by atoms with Crippen LogP contribution in [0.1, 0.15) is 5.56 Å². The zero-order valence-electron chi connectivity index (χ0n) is 14.6. The van der Waals surface area contributed by atoms with E-state index in [4.69, 9.17) is 10.5 Å². The van der Waals surface area contributed by atoms with Crippen molar-refractivity contribution >= 4 is 21.7 Å². The number of carbonyl (C=O) groups excluding carboxylic acids is 2. The first-order chi connectivity index (χ1) is 12.2. The smallest absolute Gasteiger partial charge is 0.240 e. The molecule has 0 aromatic heterocycles. The van der Waals surface area contributed by atoms with Gasteiger partial charge in [0.05, 0.1) is 25.2 Å². The molecular formula is C17H23N3O5S. The van der Waals surface area contributed by atoms with Crippen LogP contribution in [0.2, 0.25) is 0 Å². The number of ether oxygens (including phenoxy) is 1. The lowest BCUT2D eigenvalue weighted by Gasteiger charge is -2.54. The van der Waals surface area contributed by atoms with Crippen LogP contribution in [0.15, 0.2) is 24.3 Å². The number of sulfone groups is 1. The van der Waals surface area contributed by atoms with E-state index in [1.807, 2.05) is 17.0 Å². The van der Waals surface area contributed by atoms with Gasteiger partial charge in [-0.2, -0.15) is 0 Å². The van der Waals surface area contributed by atoms with Gasteiger partial charge in [0.25, 0.3) is 0 Å². The van der Waals surface area contributed by atoms with Crippen LogP contribution in [0.3, 0.4) is 0 Å². The third kappa shape index (κ3) is 4.16. The number of likely N-dealkylation sites (tertiary alicyclic amines) is 1. The second kappa shape index (κ2) is 6.88. The Morgan fingerprint density at radius 3 is 2.38 bits per heavy atom. The molecule has 8 nitrogen and oxygen atoms in total. The highest BCUT2D eigenvalue weighted by Gasteiger charge is 2.55. The van der Waals surface area contributed by atoms with Gasteiger partial charge in [-0.15, -0.1) is 0 Å². The summed E-state index contributed by atoms with van der Waals surface area (Å²) in [5.41, 5.74) is 6.11. The first-order valence-electron chi connectivity index (χ1n) is 8.35. The van der Waals surface area contributed by atoms with Crippen LogP contribution in [-0.2, 0) is 25.8 Å². The van der Waals surface area contributed by atoms with Gasteiger partial charge in [-0.25, -0.2) is 8.42 Å². The lowest BCUT2D eigenvalue weighted by atomic mass is 9.83. The summed E-state index contributed by atoms with van der Waals surface area (Å²) in [5.74, 6) is 0.232. The molecule has 1 aromatic carbocycles. The summed E-state index contributed by atoms with van der Waals surface area (Å²) in [6.45, 7) is 1.33. The van der Waals surface area contributed by atoms with Crippen molar-refractivity contribution in [2.24, 2.45) is 11.1 Å². The number of hydrogen-bond donors (Lipinski definition) is 2. The maximum atomic E-state index is 12.2. The summed E-state index contributed by atoms with van der Waals surface area (Å²) >= 11 is 0. The summed E-state index contributed by atoms with van der Waals surface area (Å²) in [7, 11) is -1.30. The number of nitrogens with two attached hydrogens (primary N) is 1. The Balaban J connectivity index is 1.48. The van der Waals surface area contributed by atoms with Crippen LogP contribution in [0.25, 0.3) is 0 Å². The summed E-state index contributed by atoms with van der Waals surface area (Å²) in [6, 6.07) is 6.40. The van der Waals surface area contributed by atoms with Crippen molar-refractivity contribution in [3.8, 4) is 5.75 Å². The molecule has 2 fully saturated rings. The van der Waals surface area contributed by atoms with Crippen LogP contribution in [-0.4, -0.2) is 69.4 Å². The number of rotatable bonds is 7. The Labute approximate surface area is 152 Å². The second-order valence-corrected chi connectivity index (χ2v) is 9.32. The normalized spacial score (nSPS) is 21.3. The van der Waals surface area contributed by atoms with E-state index in [9.17, 15) is 18.0 Å². The number of methoxy groups -OCH3 is 1. The van der Waals surface area contributed by atoms with Gasteiger partial charge in [0.2, 0.25) is 11.8 Å². The van der Waals surface area contributed by atoms with Crippen LogP contribution >= 0.6 is 0 Å². The van der Waals surface area contributed by atoms with E-state index < -0.39 is 21.8 Å². The van der Waals surface area contributed by atoms with E-state index in [1.165, 1.54) is 0 Å². The minimum absolute atomic E-state index is 0.133. The van der Waals surface area contributed by atoms with Crippen molar-refractivity contribution in [3.63, 3.8) is 0 Å². The number of nitrogens with zero attached hydrogens (tertiary/aromatic N) is 1. The molecule has 0 unspecified atom stereocenters. The Bertz CT molecular complexity index is 786. The SMILES string of the molecule is COc1ccc(C[C@H](NC(=O)CN2CC3(C2)CS(=O)(=O)C3)C(N)=O)cc1. The summed E-state index contributed by atoms with van der Waals surface area (Å²) < 4.78 is 27.7. The molecule has 0 bridgehead atoms. The minimum atomic E-state index is -2.87. The van der Waals surface area contributed by atoms with Gasteiger partial charge < -0.3 is 15.8 Å². The zero-order valence-corrected chi connectivity index (χ0v) is 15.4. The minimum Gasteiger partial charge on any atom is -0.497 e. The second-order valence-electron chi connectivity index (χ2n) is 7.25. The molecule has 26 heavy (non-hydrogen) atoms. The summed E-state index contributed by atoms with van der Waals surface area (Å²) in [4.78, 5) is 25.7. The van der Waals surface area contributed by atoms with Gasteiger partial charge in [0.1, 0.15) is 11.8 Å². The molecule has 1 atom stereocenters. The topological polar surface area (TPSA) is 119 Å². The molecule has 0 radical (unpaired) electrons. The first-order valence-corrected chi connectivity index (χ1v) is 10.2. The van der Waals surface area contributed by atoms with Crippen LogP contribution in [0.4, 0.5) is 0 Å². The fraction of sp³-hybridized carbons (Fsp3) is 0.529. The van der Waals surface area contributed by atoms with Gasteiger partial charge in [0, 0.05) is 24.9 Å². The maximum Gasteiger partial charge on any atom is 0.240 e. The number of amides is 2. The molecule has 9 heteroatoms. The third-order valence-corrected chi connectivity index (χ3v) is 6.92. The first kappa shape index (κ1) is 18.7. The van der Waals surface area contributed by atoms with Crippen molar-refractivity contribution in [2.45, 2.75) is 12.5 Å². The molecule has 142 valence electrons. The maximum absolute atomic E-state index is 12.2. The summed E-state index contributed by atoms with van der Waals surface area (Å²) in [6.07, 6.45) is 0.299. The van der Waals surface area contributed by atoms with Crippen molar-refractivity contribution in [2.75, 3.05) is 38.2 Å². The third-order valence-electron chi connectivity index (χ3n) is 4.81. The van der Waals surface area contributed by atoms with E-state index in [0.717, 1.165) is 5.56 Å². The van der Waals surface area contributed by atoms with Crippen molar-refractivity contribution in [1.82, 2.24) is 10.2 Å². The number of nitrogens with one attached hydrogen (secondary N) is 1. The Morgan fingerprint density at radius 2 is 1.88 bits per heavy atom. The van der Waals surface area contributed by atoms with Crippen LogP contribution in [0, 0.1) is 5.41 Å². The number of carbonyl (C=O) groups is 2. The predicted molar refractivity (Wildman–Crippen MR) is 95.3 cm³/mol. The largest absolute Gasteiger partial charge is 0.497 e. The van der Waals surface area contributed by atoms with Gasteiger partial charge in [-0.1, -0.05) is 12.1 Å². The average molecular weight is 381 g/mol. The molecule has 2 aliphatic heterocycles. The highest BCUT2D eigenvalue weighted by Crippen LogP contribution is 2.41. The molecule has 2 saturated heterocycles. The molecule has 1 aromatic rings. The zero-order chi connectivity index (χ0) is 18.9. The van der Waals surface area contributed by atoms with Gasteiger partial charge >= 0.3 is 0 Å². The number of hydrogen-bond acceptors (Lipinski definition) is 6. The van der Waals surface area contributed by atoms with Crippen molar-refractivity contribution in [1.29, 1.82) is 0 Å². The number of primary amides is 1.